The number of thiocarbonyl (C=S) groups is 1. The molecule has 1 rings (SSSR count). The molecule has 0 atom stereocenters. The molecule has 1 aromatic carbocycles. The van der Waals surface area contributed by atoms with E-state index in [0.29, 0.717) is 12.1 Å². The van der Waals surface area contributed by atoms with Crippen LogP contribution in [0.5, 0.6) is 0 Å². The Hall–Kier alpha value is -1.73. The maximum atomic E-state index is 11.5. The molecule has 0 unspecified atom stereocenters. The molecular weight excluding hydrogens is 302 g/mol. The van der Waals surface area contributed by atoms with Gasteiger partial charge in [0, 0.05) is 18.6 Å². The first-order chi connectivity index (χ1) is 9.29. The quantitative estimate of drug-likeness (QED) is 0.506. The van der Waals surface area contributed by atoms with Crippen molar-refractivity contribution in [1.29, 1.82) is 0 Å². The van der Waals surface area contributed by atoms with Crippen molar-refractivity contribution in [3.63, 3.8) is 0 Å². The van der Waals surface area contributed by atoms with Crippen molar-refractivity contribution in [3.8, 4) is 0 Å². The molecular formula is C12H14ClN3O3S. The summed E-state index contributed by atoms with van der Waals surface area (Å²) in [5.41, 5.74) is 0.280. The van der Waals surface area contributed by atoms with Crippen molar-refractivity contribution >= 4 is 46.2 Å². The number of nitrogens with zero attached hydrogens (tertiary/aromatic N) is 1. The highest BCUT2D eigenvalue weighted by molar-refractivity contribution is 7.80. The monoisotopic (exact) mass is 315 g/mol. The summed E-state index contributed by atoms with van der Waals surface area (Å²) in [7, 11) is 0. The molecule has 1 amide bonds. The van der Waals surface area contributed by atoms with Crippen molar-refractivity contribution in [2.75, 3.05) is 5.32 Å². The van der Waals surface area contributed by atoms with Crippen molar-refractivity contribution in [2.24, 2.45) is 5.92 Å². The molecule has 0 saturated carbocycles. The van der Waals surface area contributed by atoms with Gasteiger partial charge >= 0.3 is 0 Å². The minimum atomic E-state index is -0.543. The van der Waals surface area contributed by atoms with Crippen molar-refractivity contribution in [1.82, 2.24) is 5.32 Å². The molecule has 0 spiro atoms. The van der Waals surface area contributed by atoms with Gasteiger partial charge in [-0.05, 0) is 24.2 Å². The Bertz CT molecular complexity index is 549. The van der Waals surface area contributed by atoms with Gasteiger partial charge in [0.25, 0.3) is 5.69 Å². The van der Waals surface area contributed by atoms with E-state index in [9.17, 15) is 14.9 Å². The molecule has 6 nitrogen and oxygen atoms in total. The predicted octanol–water partition coefficient (Wildman–Crippen LogP) is 3.11. The second kappa shape index (κ2) is 7.16. The average molecular weight is 316 g/mol. The highest BCUT2D eigenvalue weighted by atomic mass is 35.5. The van der Waals surface area contributed by atoms with Crippen molar-refractivity contribution in [3.05, 3.63) is 33.3 Å². The smallest absolute Gasteiger partial charge is 0.271 e. The number of carbonyl (C=O) groups is 1. The highest BCUT2D eigenvalue weighted by Gasteiger charge is 2.11. The number of carbonyl (C=O) groups excluding carboxylic acids is 1. The van der Waals surface area contributed by atoms with Gasteiger partial charge in [-0.15, -0.1) is 0 Å². The van der Waals surface area contributed by atoms with Crippen LogP contribution in [0.25, 0.3) is 0 Å². The average Bonchev–Trinajstić information content (AvgIpc) is 2.30. The Morgan fingerprint density at radius 2 is 2.15 bits per heavy atom. The van der Waals surface area contributed by atoms with Crippen LogP contribution in [0, 0.1) is 16.0 Å². The fourth-order valence-corrected chi connectivity index (χ4v) is 1.87. The SMILES string of the molecule is CC(C)CC(=O)NC(=S)Nc1ccc([N+](=O)[O-])cc1Cl. The number of hydrogen-bond acceptors (Lipinski definition) is 4. The summed E-state index contributed by atoms with van der Waals surface area (Å²) in [5.74, 6) is 0.0243. The third-order valence-electron chi connectivity index (χ3n) is 2.26. The van der Waals surface area contributed by atoms with Gasteiger partial charge in [0.2, 0.25) is 5.91 Å². The maximum Gasteiger partial charge on any atom is 0.271 e. The van der Waals surface area contributed by atoms with Crippen LogP contribution < -0.4 is 10.6 Å². The van der Waals surface area contributed by atoms with E-state index in [4.69, 9.17) is 23.8 Å². The van der Waals surface area contributed by atoms with Crippen LogP contribution in [0.15, 0.2) is 18.2 Å². The van der Waals surface area contributed by atoms with Gasteiger partial charge in [-0.2, -0.15) is 0 Å². The molecule has 0 bridgehead atoms. The van der Waals surface area contributed by atoms with Crippen LogP contribution in [0.3, 0.4) is 0 Å². The number of nitrogens with one attached hydrogen (secondary N) is 2. The Morgan fingerprint density at radius 3 is 2.65 bits per heavy atom. The van der Waals surface area contributed by atoms with Crippen LogP contribution in [0.1, 0.15) is 20.3 Å². The zero-order valence-corrected chi connectivity index (χ0v) is 12.5. The topological polar surface area (TPSA) is 84.3 Å². The Balaban J connectivity index is 2.67. The number of amides is 1. The van der Waals surface area contributed by atoms with E-state index in [1.54, 1.807) is 0 Å². The summed E-state index contributed by atoms with van der Waals surface area (Å²) in [4.78, 5) is 21.6. The number of hydrogen-bond donors (Lipinski definition) is 2. The van der Waals surface area contributed by atoms with Gasteiger partial charge < -0.3 is 10.6 Å². The summed E-state index contributed by atoms with van der Waals surface area (Å²) in [6.45, 7) is 3.84. The van der Waals surface area contributed by atoms with E-state index >= 15 is 0 Å². The van der Waals surface area contributed by atoms with E-state index in [1.807, 2.05) is 13.8 Å². The van der Waals surface area contributed by atoms with Crippen LogP contribution >= 0.6 is 23.8 Å². The van der Waals surface area contributed by atoms with Crippen LogP contribution in [-0.4, -0.2) is 15.9 Å². The molecule has 0 aromatic heterocycles. The minimum absolute atomic E-state index is 0.103. The number of rotatable bonds is 4. The molecule has 8 heteroatoms. The van der Waals surface area contributed by atoms with E-state index in [0.717, 1.165) is 0 Å². The van der Waals surface area contributed by atoms with Crippen molar-refractivity contribution < 1.29 is 9.72 Å². The molecule has 0 saturated heterocycles. The summed E-state index contributed by atoms with van der Waals surface area (Å²) >= 11 is 10.9. The van der Waals surface area contributed by atoms with E-state index < -0.39 is 4.92 Å². The van der Waals surface area contributed by atoms with Crippen molar-refractivity contribution in [2.45, 2.75) is 20.3 Å². The van der Waals surface area contributed by atoms with E-state index in [1.165, 1.54) is 18.2 Å². The maximum absolute atomic E-state index is 11.5. The summed E-state index contributed by atoms with van der Waals surface area (Å²) in [5, 5.41) is 16.1. The lowest BCUT2D eigenvalue weighted by atomic mass is 10.1. The second-order valence-electron chi connectivity index (χ2n) is 4.52. The first-order valence-electron chi connectivity index (χ1n) is 5.84. The third-order valence-corrected chi connectivity index (χ3v) is 2.78. The fraction of sp³-hybridized carbons (Fsp3) is 0.333. The Kier molecular flexibility index (Phi) is 5.84. The number of nitro groups is 1. The molecule has 0 radical (unpaired) electrons. The second-order valence-corrected chi connectivity index (χ2v) is 5.34. The molecule has 0 fully saturated rings. The van der Waals surface area contributed by atoms with Gasteiger partial charge in [0.1, 0.15) is 0 Å². The lowest BCUT2D eigenvalue weighted by Crippen LogP contribution is -2.34. The normalized spacial score (nSPS) is 10.2. The largest absolute Gasteiger partial charge is 0.331 e. The Morgan fingerprint density at radius 1 is 1.50 bits per heavy atom. The number of non-ortho nitro benzene ring substituents is 1. The summed E-state index contributed by atoms with van der Waals surface area (Å²) in [6, 6.07) is 3.94. The molecule has 1 aromatic rings. The molecule has 0 aliphatic rings. The standard InChI is InChI=1S/C12H14ClN3O3S/c1-7(2)5-11(17)15-12(20)14-10-4-3-8(16(18)19)6-9(10)13/h3-4,6-7H,5H2,1-2H3,(H2,14,15,17,20). The zero-order valence-electron chi connectivity index (χ0n) is 11.0. The molecule has 108 valence electrons. The highest BCUT2D eigenvalue weighted by Crippen LogP contribution is 2.26. The van der Waals surface area contributed by atoms with Gasteiger partial charge in [-0.3, -0.25) is 14.9 Å². The van der Waals surface area contributed by atoms with Crippen LogP contribution in [0.2, 0.25) is 5.02 Å². The molecule has 20 heavy (non-hydrogen) atoms. The van der Waals surface area contributed by atoms with Gasteiger partial charge in [0.15, 0.2) is 5.11 Å². The first kappa shape index (κ1) is 16.3. The molecule has 0 heterocycles. The number of benzene rings is 1. The molecule has 0 aliphatic carbocycles. The first-order valence-corrected chi connectivity index (χ1v) is 6.63. The lowest BCUT2D eigenvalue weighted by Gasteiger charge is -2.11. The van der Waals surface area contributed by atoms with Crippen LogP contribution in [0.4, 0.5) is 11.4 Å². The number of nitro benzene ring substituents is 1. The van der Waals surface area contributed by atoms with Crippen LogP contribution in [-0.2, 0) is 4.79 Å². The predicted molar refractivity (Wildman–Crippen MR) is 81.9 cm³/mol. The minimum Gasteiger partial charge on any atom is -0.331 e. The zero-order chi connectivity index (χ0) is 15.3. The third kappa shape index (κ3) is 5.10. The Labute approximate surface area is 126 Å². The van der Waals surface area contributed by atoms with Gasteiger partial charge in [0.05, 0.1) is 15.6 Å². The fourth-order valence-electron chi connectivity index (χ4n) is 1.42. The summed E-state index contributed by atoms with van der Waals surface area (Å²) in [6.07, 6.45) is 0.357. The van der Waals surface area contributed by atoms with E-state index in [2.05, 4.69) is 10.6 Å². The summed E-state index contributed by atoms with van der Waals surface area (Å²) < 4.78 is 0. The van der Waals surface area contributed by atoms with Gasteiger partial charge in [-0.1, -0.05) is 25.4 Å². The number of halogens is 1. The van der Waals surface area contributed by atoms with E-state index in [-0.39, 0.29) is 27.6 Å². The molecule has 2 N–H and O–H groups in total. The lowest BCUT2D eigenvalue weighted by molar-refractivity contribution is -0.384. The molecule has 0 aliphatic heterocycles. The van der Waals surface area contributed by atoms with Gasteiger partial charge in [-0.25, -0.2) is 0 Å². The number of anilines is 1.